The van der Waals surface area contributed by atoms with E-state index in [4.69, 9.17) is 4.99 Å². The van der Waals surface area contributed by atoms with Crippen LogP contribution in [0.25, 0.3) is 15.9 Å². The molecule has 1 unspecified atom stereocenters. The van der Waals surface area contributed by atoms with Gasteiger partial charge in [0.2, 0.25) is 5.66 Å². The molecule has 0 saturated carbocycles. The van der Waals surface area contributed by atoms with Crippen LogP contribution in [-0.4, -0.2) is 49.6 Å². The molecule has 10 nitrogen and oxygen atoms in total. The monoisotopic (exact) mass is 422 g/mol. The van der Waals surface area contributed by atoms with E-state index < -0.39 is 5.66 Å². The molecule has 154 valence electrons. The van der Waals surface area contributed by atoms with Gasteiger partial charge in [-0.2, -0.15) is 10.2 Å². The number of rotatable bonds is 4. The van der Waals surface area contributed by atoms with Crippen LogP contribution in [0, 0.1) is 0 Å². The number of hydrogen-bond donors (Lipinski definition) is 3. The summed E-state index contributed by atoms with van der Waals surface area (Å²) in [6, 6.07) is 2.55. The molecule has 3 aliphatic heterocycles. The highest BCUT2D eigenvalue weighted by molar-refractivity contribution is 7.19. The number of fused-ring (bicyclic) bond motifs is 2. The molecule has 0 radical (unpaired) electrons. The first-order valence-electron chi connectivity index (χ1n) is 10.1. The zero-order chi connectivity index (χ0) is 20.1. The number of hydrogen-bond acceptors (Lipinski definition) is 9. The minimum absolute atomic E-state index is 0.445. The molecule has 6 heterocycles. The number of aromatic amines is 1. The highest BCUT2D eigenvalue weighted by Gasteiger charge is 2.42. The van der Waals surface area contributed by atoms with Gasteiger partial charge in [0.15, 0.2) is 5.84 Å². The number of nitrogens with zero attached hydrogens (tertiary/aromatic N) is 7. The third-order valence-corrected chi connectivity index (χ3v) is 6.87. The van der Waals surface area contributed by atoms with Gasteiger partial charge in [-0.25, -0.2) is 10.0 Å². The molecule has 1 fully saturated rings. The van der Waals surface area contributed by atoms with Gasteiger partial charge in [0.1, 0.15) is 0 Å². The van der Waals surface area contributed by atoms with Gasteiger partial charge in [-0.15, -0.1) is 16.5 Å². The van der Waals surface area contributed by atoms with Gasteiger partial charge in [-0.1, -0.05) is 5.22 Å². The molecule has 1 saturated heterocycles. The fourth-order valence-corrected chi connectivity index (χ4v) is 5.09. The summed E-state index contributed by atoms with van der Waals surface area (Å²) in [6.07, 6.45) is 9.95. The Hall–Kier alpha value is -3.05. The largest absolute Gasteiger partial charge is 0.358 e. The van der Waals surface area contributed by atoms with E-state index in [0.717, 1.165) is 53.2 Å². The van der Waals surface area contributed by atoms with Crippen LogP contribution in [0.15, 0.2) is 46.2 Å². The van der Waals surface area contributed by atoms with Crippen LogP contribution in [0.5, 0.6) is 0 Å². The fourth-order valence-electron chi connectivity index (χ4n) is 4.12. The smallest absolute Gasteiger partial charge is 0.209 e. The Morgan fingerprint density at radius 1 is 1.27 bits per heavy atom. The van der Waals surface area contributed by atoms with Crippen LogP contribution < -0.4 is 10.6 Å². The van der Waals surface area contributed by atoms with Crippen molar-refractivity contribution in [2.75, 3.05) is 13.1 Å². The topological polar surface area (TPSA) is 111 Å². The fraction of sp³-hybridized carbons (Fsp3) is 0.421. The van der Waals surface area contributed by atoms with Crippen molar-refractivity contribution in [1.82, 2.24) is 35.6 Å². The van der Waals surface area contributed by atoms with E-state index in [1.165, 1.54) is 4.88 Å². The first-order valence-corrected chi connectivity index (χ1v) is 10.9. The summed E-state index contributed by atoms with van der Waals surface area (Å²) in [5, 5.41) is 29.2. The molecule has 1 atom stereocenters. The summed E-state index contributed by atoms with van der Waals surface area (Å²) in [4.78, 5) is 6.12. The number of thiophene rings is 1. The summed E-state index contributed by atoms with van der Waals surface area (Å²) in [6.45, 7) is 4.69. The molecular weight excluding hydrogens is 400 g/mol. The zero-order valence-electron chi connectivity index (χ0n) is 16.5. The van der Waals surface area contributed by atoms with Crippen molar-refractivity contribution in [1.29, 1.82) is 0 Å². The van der Waals surface area contributed by atoms with Crippen LogP contribution in [0.3, 0.4) is 0 Å². The van der Waals surface area contributed by atoms with Gasteiger partial charge in [0.25, 0.3) is 0 Å². The van der Waals surface area contributed by atoms with Gasteiger partial charge in [0, 0.05) is 22.8 Å². The van der Waals surface area contributed by atoms with E-state index >= 15 is 0 Å². The Morgan fingerprint density at radius 2 is 2.17 bits per heavy atom. The summed E-state index contributed by atoms with van der Waals surface area (Å²) in [7, 11) is 0. The summed E-state index contributed by atoms with van der Waals surface area (Å²) >= 11 is 1.70. The highest BCUT2D eigenvalue weighted by atomic mass is 32.1. The molecule has 3 aromatic rings. The third kappa shape index (κ3) is 2.92. The lowest BCUT2D eigenvalue weighted by molar-refractivity contribution is 0.343. The van der Waals surface area contributed by atoms with Gasteiger partial charge in [-0.05, 0) is 38.9 Å². The second-order valence-corrected chi connectivity index (χ2v) is 9.15. The van der Waals surface area contributed by atoms with Gasteiger partial charge in [-0.3, -0.25) is 9.78 Å². The van der Waals surface area contributed by atoms with E-state index in [1.807, 2.05) is 30.5 Å². The third-order valence-electron chi connectivity index (χ3n) is 5.81. The van der Waals surface area contributed by atoms with Gasteiger partial charge >= 0.3 is 0 Å². The average molecular weight is 423 g/mol. The molecule has 3 aliphatic rings. The Labute approximate surface area is 176 Å². The maximum absolute atomic E-state index is 4.94. The van der Waals surface area contributed by atoms with Crippen molar-refractivity contribution in [3.8, 4) is 0 Å². The predicted molar refractivity (Wildman–Crippen MR) is 115 cm³/mol. The van der Waals surface area contributed by atoms with Crippen molar-refractivity contribution < 1.29 is 0 Å². The van der Waals surface area contributed by atoms with Crippen LogP contribution in [0.1, 0.15) is 36.2 Å². The Balaban J connectivity index is 1.26. The Morgan fingerprint density at radius 3 is 3.03 bits per heavy atom. The Kier molecular flexibility index (Phi) is 4.00. The summed E-state index contributed by atoms with van der Waals surface area (Å²) in [5.41, 5.74) is 2.25. The molecule has 30 heavy (non-hydrogen) atoms. The molecule has 0 bridgehead atoms. The predicted octanol–water partition coefficient (Wildman–Crippen LogP) is 2.64. The average Bonchev–Trinajstić information content (AvgIpc) is 3.52. The minimum atomic E-state index is -0.645. The molecule has 0 amide bonds. The van der Waals surface area contributed by atoms with Crippen LogP contribution in [-0.2, 0) is 6.54 Å². The van der Waals surface area contributed by atoms with Crippen molar-refractivity contribution in [3.63, 3.8) is 0 Å². The molecule has 3 aromatic heterocycles. The van der Waals surface area contributed by atoms with Crippen molar-refractivity contribution in [3.05, 3.63) is 41.3 Å². The minimum Gasteiger partial charge on any atom is -0.358 e. The second kappa shape index (κ2) is 6.74. The number of aliphatic imine (C=N–C) groups is 1. The van der Waals surface area contributed by atoms with E-state index in [9.17, 15) is 0 Å². The van der Waals surface area contributed by atoms with Crippen LogP contribution in [0.2, 0.25) is 0 Å². The first-order chi connectivity index (χ1) is 14.7. The molecular formula is C19H22N10S. The zero-order valence-corrected chi connectivity index (χ0v) is 17.4. The molecule has 0 aliphatic carbocycles. The molecule has 11 heteroatoms. The highest BCUT2D eigenvalue weighted by Crippen LogP contribution is 2.32. The normalized spacial score (nSPS) is 24.1. The standard InChI is InChI=1S/C19H22N10S/c1-19-18(29(27-26-19)11-14-6-15-17(30-14)9-22-25-15)24-16(8-21-19)12-7-23-28(10-12)13-2-4-20-5-3-13/h6-10,13,20-21H,2-5,11H2,1H3,(H,22,25). The van der Waals surface area contributed by atoms with E-state index in [-0.39, 0.29) is 0 Å². The van der Waals surface area contributed by atoms with Crippen LogP contribution >= 0.6 is 11.3 Å². The second-order valence-electron chi connectivity index (χ2n) is 7.98. The van der Waals surface area contributed by atoms with Crippen molar-refractivity contribution in [2.45, 2.75) is 38.0 Å². The van der Waals surface area contributed by atoms with Gasteiger partial charge < -0.3 is 10.6 Å². The number of amidine groups is 1. The first kappa shape index (κ1) is 17.8. The quantitative estimate of drug-likeness (QED) is 0.599. The SMILES string of the molecule is CC12N=NN(Cc3cc4[nH]ncc4s3)C1=NC(c1cnn(C3CCNCC3)c1)=CN2. The lowest BCUT2D eigenvalue weighted by Crippen LogP contribution is -2.49. The van der Waals surface area contributed by atoms with E-state index in [0.29, 0.717) is 12.6 Å². The summed E-state index contributed by atoms with van der Waals surface area (Å²) in [5.74, 6) is 0.796. The lowest BCUT2D eigenvalue weighted by atomic mass is 10.1. The molecule has 6 rings (SSSR count). The molecule has 0 aromatic carbocycles. The number of H-pyrrole nitrogens is 1. The maximum Gasteiger partial charge on any atom is 0.209 e. The van der Waals surface area contributed by atoms with E-state index in [2.05, 4.69) is 53.2 Å². The van der Waals surface area contributed by atoms with Gasteiger partial charge in [0.05, 0.1) is 40.9 Å². The lowest BCUT2D eigenvalue weighted by Gasteiger charge is -2.27. The summed E-state index contributed by atoms with van der Waals surface area (Å²) < 4.78 is 3.21. The van der Waals surface area contributed by atoms with Crippen molar-refractivity contribution in [2.24, 2.45) is 15.3 Å². The van der Waals surface area contributed by atoms with Crippen molar-refractivity contribution >= 4 is 33.1 Å². The molecule has 3 N–H and O–H groups in total. The van der Waals surface area contributed by atoms with E-state index in [1.54, 1.807) is 11.3 Å². The maximum atomic E-state index is 4.94. The molecule has 0 spiro atoms. The number of aromatic nitrogens is 4. The number of piperidine rings is 1. The Bertz CT molecular complexity index is 1150. The number of nitrogens with one attached hydrogen (secondary N) is 3. The van der Waals surface area contributed by atoms with Crippen LogP contribution in [0.4, 0.5) is 0 Å².